The summed E-state index contributed by atoms with van der Waals surface area (Å²) in [4.78, 5) is 4.76. The third-order valence-electron chi connectivity index (χ3n) is 4.03. The molecule has 0 aliphatic carbocycles. The highest BCUT2D eigenvalue weighted by molar-refractivity contribution is 5.76. The summed E-state index contributed by atoms with van der Waals surface area (Å²) in [5.74, 6) is 0.825. The Hall–Kier alpha value is -1.42. The van der Waals surface area contributed by atoms with E-state index < -0.39 is 0 Å². The first kappa shape index (κ1) is 12.6. The molecule has 1 aliphatic rings. The summed E-state index contributed by atoms with van der Waals surface area (Å²) >= 11 is 0. The van der Waals surface area contributed by atoms with Crippen LogP contribution < -0.4 is 5.32 Å². The highest BCUT2D eigenvalue weighted by Gasteiger charge is 2.35. The summed E-state index contributed by atoms with van der Waals surface area (Å²) in [6, 6.07) is 5.10. The van der Waals surface area contributed by atoms with Gasteiger partial charge in [0.05, 0.1) is 16.6 Å². The summed E-state index contributed by atoms with van der Waals surface area (Å²) in [6.07, 6.45) is 2.23. The molecule has 1 unspecified atom stereocenters. The number of imidazole rings is 1. The lowest BCUT2D eigenvalue weighted by atomic mass is 9.99. The van der Waals surface area contributed by atoms with Crippen LogP contribution in [0.15, 0.2) is 18.2 Å². The van der Waals surface area contributed by atoms with Gasteiger partial charge in [-0.15, -0.1) is 0 Å². The van der Waals surface area contributed by atoms with Gasteiger partial charge in [0.1, 0.15) is 11.6 Å². The molecule has 0 bridgehead atoms. The summed E-state index contributed by atoms with van der Waals surface area (Å²) in [6.45, 7) is 7.45. The van der Waals surface area contributed by atoms with Crippen LogP contribution >= 0.6 is 0 Å². The van der Waals surface area contributed by atoms with Crippen molar-refractivity contribution in [1.82, 2.24) is 14.9 Å². The summed E-state index contributed by atoms with van der Waals surface area (Å²) in [7, 11) is 0. The normalized spacial score (nSPS) is 23.6. The fourth-order valence-electron chi connectivity index (χ4n) is 3.06. The Labute approximate surface area is 112 Å². The van der Waals surface area contributed by atoms with E-state index in [1.165, 1.54) is 6.07 Å². The van der Waals surface area contributed by atoms with Gasteiger partial charge in [-0.2, -0.15) is 0 Å². The predicted molar refractivity (Wildman–Crippen MR) is 74.7 cm³/mol. The monoisotopic (exact) mass is 261 g/mol. The maximum Gasteiger partial charge on any atom is 0.130 e. The van der Waals surface area contributed by atoms with Crippen LogP contribution in [0.5, 0.6) is 0 Å². The molecule has 1 saturated heterocycles. The maximum absolute atomic E-state index is 13.5. The Morgan fingerprint density at radius 3 is 2.84 bits per heavy atom. The molecule has 1 atom stereocenters. The minimum absolute atomic E-state index is 0.0975. The lowest BCUT2D eigenvalue weighted by molar-refractivity contribution is 0.378. The third-order valence-corrected chi connectivity index (χ3v) is 4.03. The fraction of sp³-hybridized carbons (Fsp3) is 0.533. The molecule has 1 aromatic carbocycles. The molecular formula is C15H20FN3. The van der Waals surface area contributed by atoms with E-state index in [1.54, 1.807) is 12.1 Å². The quantitative estimate of drug-likeness (QED) is 0.898. The zero-order chi connectivity index (χ0) is 13.6. The average Bonchev–Trinajstić information content (AvgIpc) is 2.93. The summed E-state index contributed by atoms with van der Waals surface area (Å²) in [5, 5.41) is 3.54. The van der Waals surface area contributed by atoms with Gasteiger partial charge in [0, 0.05) is 6.04 Å². The lowest BCUT2D eigenvalue weighted by Gasteiger charge is -2.26. The van der Waals surface area contributed by atoms with Crippen molar-refractivity contribution >= 4 is 11.0 Å². The molecule has 2 heterocycles. The van der Waals surface area contributed by atoms with Crippen LogP contribution in [0.25, 0.3) is 11.0 Å². The molecule has 3 nitrogen and oxygen atoms in total. The van der Waals surface area contributed by atoms with E-state index in [9.17, 15) is 4.39 Å². The Morgan fingerprint density at radius 2 is 2.21 bits per heavy atom. The van der Waals surface area contributed by atoms with Crippen LogP contribution in [-0.4, -0.2) is 16.1 Å². The second-order valence-electron chi connectivity index (χ2n) is 5.89. The molecule has 4 heteroatoms. The third kappa shape index (κ3) is 1.94. The maximum atomic E-state index is 13.5. The molecule has 102 valence electrons. The number of hydrogen-bond acceptors (Lipinski definition) is 2. The molecule has 3 rings (SSSR count). The van der Waals surface area contributed by atoms with Crippen LogP contribution in [0.4, 0.5) is 4.39 Å². The molecule has 0 saturated carbocycles. The van der Waals surface area contributed by atoms with Crippen LogP contribution in [-0.2, 0) is 5.54 Å². The smallest absolute Gasteiger partial charge is 0.130 e. The number of benzene rings is 1. The first-order valence-corrected chi connectivity index (χ1v) is 6.94. The molecule has 19 heavy (non-hydrogen) atoms. The second-order valence-corrected chi connectivity index (χ2v) is 5.89. The predicted octanol–water partition coefficient (Wildman–Crippen LogP) is 3.35. The largest absolute Gasteiger partial charge is 0.324 e. The SMILES string of the molecule is CC(C)n1c(C2(C)CCCN2)nc2ccc(F)cc21. The van der Waals surface area contributed by atoms with E-state index in [2.05, 4.69) is 30.7 Å². The van der Waals surface area contributed by atoms with Crippen molar-refractivity contribution < 1.29 is 4.39 Å². The number of nitrogens with zero attached hydrogens (tertiary/aromatic N) is 2. The van der Waals surface area contributed by atoms with E-state index in [4.69, 9.17) is 4.98 Å². The van der Waals surface area contributed by atoms with Gasteiger partial charge < -0.3 is 9.88 Å². The first-order chi connectivity index (χ1) is 9.01. The van der Waals surface area contributed by atoms with Crippen molar-refractivity contribution in [2.45, 2.75) is 45.2 Å². The van der Waals surface area contributed by atoms with Gasteiger partial charge in [-0.25, -0.2) is 9.37 Å². The Kier molecular flexibility index (Phi) is 2.86. The average molecular weight is 261 g/mol. The standard InChI is InChI=1S/C15H20FN3/c1-10(2)19-13-9-11(16)5-6-12(13)18-14(19)15(3)7-4-8-17-15/h5-6,9-10,17H,4,7-8H2,1-3H3. The number of rotatable bonds is 2. The van der Waals surface area contributed by atoms with Crippen molar-refractivity contribution in [3.05, 3.63) is 29.8 Å². The minimum Gasteiger partial charge on any atom is -0.324 e. The van der Waals surface area contributed by atoms with E-state index in [0.717, 1.165) is 36.2 Å². The van der Waals surface area contributed by atoms with Crippen molar-refractivity contribution in [3.63, 3.8) is 0 Å². The molecule has 0 radical (unpaired) electrons. The number of nitrogens with one attached hydrogen (secondary N) is 1. The molecular weight excluding hydrogens is 241 g/mol. The van der Waals surface area contributed by atoms with E-state index in [0.29, 0.717) is 0 Å². The van der Waals surface area contributed by atoms with Crippen LogP contribution in [0.2, 0.25) is 0 Å². The highest BCUT2D eigenvalue weighted by Crippen LogP contribution is 2.34. The van der Waals surface area contributed by atoms with Gasteiger partial charge in [-0.1, -0.05) is 0 Å². The Morgan fingerprint density at radius 1 is 1.42 bits per heavy atom. The van der Waals surface area contributed by atoms with Gasteiger partial charge in [-0.05, 0) is 58.4 Å². The van der Waals surface area contributed by atoms with Crippen molar-refractivity contribution in [2.24, 2.45) is 0 Å². The van der Waals surface area contributed by atoms with Crippen LogP contribution in [0, 0.1) is 5.82 Å². The first-order valence-electron chi connectivity index (χ1n) is 6.94. The molecule has 2 aromatic rings. The van der Waals surface area contributed by atoms with Gasteiger partial charge in [0.2, 0.25) is 0 Å². The molecule has 1 aromatic heterocycles. The zero-order valence-corrected chi connectivity index (χ0v) is 11.7. The van der Waals surface area contributed by atoms with Crippen molar-refractivity contribution in [3.8, 4) is 0 Å². The summed E-state index contributed by atoms with van der Waals surface area (Å²) in [5.41, 5.74) is 1.67. The van der Waals surface area contributed by atoms with Gasteiger partial charge in [0.25, 0.3) is 0 Å². The van der Waals surface area contributed by atoms with E-state index in [-0.39, 0.29) is 17.4 Å². The van der Waals surface area contributed by atoms with Gasteiger partial charge >= 0.3 is 0 Å². The topological polar surface area (TPSA) is 29.9 Å². The number of hydrogen-bond donors (Lipinski definition) is 1. The highest BCUT2D eigenvalue weighted by atomic mass is 19.1. The lowest BCUT2D eigenvalue weighted by Crippen LogP contribution is -2.36. The van der Waals surface area contributed by atoms with E-state index >= 15 is 0 Å². The van der Waals surface area contributed by atoms with Crippen molar-refractivity contribution in [2.75, 3.05) is 6.54 Å². The number of halogens is 1. The number of aromatic nitrogens is 2. The van der Waals surface area contributed by atoms with Crippen LogP contribution in [0.3, 0.4) is 0 Å². The molecule has 1 aliphatic heterocycles. The molecule has 1 fully saturated rings. The molecule has 0 amide bonds. The minimum atomic E-state index is -0.203. The number of fused-ring (bicyclic) bond motifs is 1. The molecule has 1 N–H and O–H groups in total. The van der Waals surface area contributed by atoms with Gasteiger partial charge in [-0.3, -0.25) is 0 Å². The van der Waals surface area contributed by atoms with Gasteiger partial charge in [0.15, 0.2) is 0 Å². The Bertz CT molecular complexity index is 609. The fourth-order valence-corrected chi connectivity index (χ4v) is 3.06. The Balaban J connectivity index is 2.26. The van der Waals surface area contributed by atoms with Crippen LogP contribution in [0.1, 0.15) is 45.5 Å². The second kappa shape index (κ2) is 4.30. The summed E-state index contributed by atoms with van der Waals surface area (Å²) < 4.78 is 15.7. The van der Waals surface area contributed by atoms with Crippen molar-refractivity contribution in [1.29, 1.82) is 0 Å². The zero-order valence-electron chi connectivity index (χ0n) is 11.7. The van der Waals surface area contributed by atoms with E-state index in [1.807, 2.05) is 0 Å². The molecule has 0 spiro atoms.